The Hall–Kier alpha value is -2.64. The lowest BCUT2D eigenvalue weighted by Crippen LogP contribution is -2.52. The van der Waals surface area contributed by atoms with Crippen molar-refractivity contribution in [2.24, 2.45) is 5.92 Å². The Kier molecular flexibility index (Phi) is 5.19. The largest absolute Gasteiger partial charge is 0.448 e. The first kappa shape index (κ1) is 19.7. The summed E-state index contributed by atoms with van der Waals surface area (Å²) >= 11 is 6.02. The molecule has 0 N–H and O–H groups in total. The average Bonchev–Trinajstić information content (AvgIpc) is 3.06. The molecule has 0 unspecified atom stereocenters. The van der Waals surface area contributed by atoms with Crippen molar-refractivity contribution in [2.75, 3.05) is 13.1 Å². The van der Waals surface area contributed by atoms with Crippen LogP contribution in [0.15, 0.2) is 42.5 Å². The summed E-state index contributed by atoms with van der Waals surface area (Å²) in [6.45, 7) is 5.33. The smallest absolute Gasteiger partial charge is 0.255 e. The highest BCUT2D eigenvalue weighted by Crippen LogP contribution is 2.44. The highest BCUT2D eigenvalue weighted by Gasteiger charge is 2.45. The van der Waals surface area contributed by atoms with Gasteiger partial charge in [0, 0.05) is 36.5 Å². The number of hydrogen-bond donors (Lipinski definition) is 0. The highest BCUT2D eigenvalue weighted by molar-refractivity contribution is 6.30. The summed E-state index contributed by atoms with van der Waals surface area (Å²) in [4.78, 5) is 15.2. The van der Waals surface area contributed by atoms with E-state index in [1.165, 1.54) is 0 Å². The van der Waals surface area contributed by atoms with E-state index in [-0.39, 0.29) is 17.7 Å². The number of ether oxygens (including phenoxy) is 2. The lowest BCUT2D eigenvalue weighted by molar-refractivity contribution is -0.148. The molecule has 0 aliphatic carbocycles. The molecule has 150 valence electrons. The standard InChI is InChI=1S/C24H24ClNO3/c1-4-17-5-10-20-21(15-17)29-24(28-20)11-13-26(14-12-24)23(27)22(16(2)3)18-6-8-19(25)9-7-18/h1,5-10,15-16,22H,11-14H2,2-3H3/t22-/m0/s1. The second-order valence-corrected chi connectivity index (χ2v) is 8.46. The zero-order valence-electron chi connectivity index (χ0n) is 16.7. The molecule has 29 heavy (non-hydrogen) atoms. The van der Waals surface area contributed by atoms with Crippen LogP contribution in [0.25, 0.3) is 0 Å². The van der Waals surface area contributed by atoms with E-state index in [2.05, 4.69) is 19.8 Å². The molecule has 2 aliphatic heterocycles. The Morgan fingerprint density at radius 1 is 1.10 bits per heavy atom. The number of nitrogens with zero attached hydrogens (tertiary/aromatic N) is 1. The van der Waals surface area contributed by atoms with Crippen LogP contribution in [0.1, 0.15) is 43.7 Å². The van der Waals surface area contributed by atoms with Crippen molar-refractivity contribution in [2.45, 2.75) is 38.4 Å². The van der Waals surface area contributed by atoms with Gasteiger partial charge in [0.15, 0.2) is 11.5 Å². The minimum absolute atomic E-state index is 0.141. The summed E-state index contributed by atoms with van der Waals surface area (Å²) in [5.74, 6) is 3.44. The van der Waals surface area contributed by atoms with Crippen molar-refractivity contribution in [3.63, 3.8) is 0 Å². The fraction of sp³-hybridized carbons (Fsp3) is 0.375. The Morgan fingerprint density at radius 3 is 2.38 bits per heavy atom. The minimum atomic E-state index is -0.708. The molecule has 4 rings (SSSR count). The second kappa shape index (κ2) is 7.65. The van der Waals surface area contributed by atoms with Crippen molar-refractivity contribution in [1.29, 1.82) is 0 Å². The van der Waals surface area contributed by atoms with Gasteiger partial charge in [0.1, 0.15) is 0 Å². The van der Waals surface area contributed by atoms with Gasteiger partial charge in [0.25, 0.3) is 5.79 Å². The van der Waals surface area contributed by atoms with E-state index in [0.29, 0.717) is 42.5 Å². The molecule has 1 atom stereocenters. The molecule has 0 aromatic heterocycles. The summed E-state index contributed by atoms with van der Waals surface area (Å²) < 4.78 is 12.3. The maximum absolute atomic E-state index is 13.3. The second-order valence-electron chi connectivity index (χ2n) is 8.02. The van der Waals surface area contributed by atoms with Crippen LogP contribution in [0, 0.1) is 18.3 Å². The van der Waals surface area contributed by atoms with Gasteiger partial charge in [0.2, 0.25) is 5.91 Å². The summed E-state index contributed by atoms with van der Waals surface area (Å²) in [7, 11) is 0. The number of hydrogen-bond acceptors (Lipinski definition) is 3. The molecule has 1 amide bonds. The van der Waals surface area contributed by atoms with Crippen LogP contribution < -0.4 is 9.47 Å². The van der Waals surface area contributed by atoms with Crippen LogP contribution in [0.3, 0.4) is 0 Å². The third-order valence-corrected chi connectivity index (χ3v) is 5.95. The maximum Gasteiger partial charge on any atom is 0.255 e. The number of terminal acetylenes is 1. The zero-order chi connectivity index (χ0) is 20.6. The fourth-order valence-electron chi connectivity index (χ4n) is 4.13. The van der Waals surface area contributed by atoms with Crippen molar-refractivity contribution in [1.82, 2.24) is 4.90 Å². The van der Waals surface area contributed by atoms with Gasteiger partial charge in [-0.3, -0.25) is 4.79 Å². The van der Waals surface area contributed by atoms with Crippen LogP contribution in [0.4, 0.5) is 0 Å². The predicted octanol–water partition coefficient (Wildman–Crippen LogP) is 4.85. The molecule has 0 saturated carbocycles. The monoisotopic (exact) mass is 409 g/mol. The number of rotatable bonds is 3. The molecule has 1 saturated heterocycles. The van der Waals surface area contributed by atoms with Crippen molar-refractivity contribution < 1.29 is 14.3 Å². The zero-order valence-corrected chi connectivity index (χ0v) is 17.4. The number of benzene rings is 2. The topological polar surface area (TPSA) is 38.8 Å². The molecule has 5 heteroatoms. The van der Waals surface area contributed by atoms with E-state index in [9.17, 15) is 4.79 Å². The lowest BCUT2D eigenvalue weighted by Gasteiger charge is -2.39. The van der Waals surface area contributed by atoms with Gasteiger partial charge in [-0.2, -0.15) is 0 Å². The summed E-state index contributed by atoms with van der Waals surface area (Å²) in [6, 6.07) is 13.1. The van der Waals surface area contributed by atoms with Gasteiger partial charge in [-0.05, 0) is 41.8 Å². The van der Waals surface area contributed by atoms with E-state index >= 15 is 0 Å². The van der Waals surface area contributed by atoms with Gasteiger partial charge in [0.05, 0.1) is 5.92 Å². The molecular weight excluding hydrogens is 386 g/mol. The molecule has 4 nitrogen and oxygen atoms in total. The van der Waals surface area contributed by atoms with Gasteiger partial charge in [-0.1, -0.05) is 43.5 Å². The van der Waals surface area contributed by atoms with Crippen LogP contribution >= 0.6 is 11.6 Å². The number of carbonyl (C=O) groups is 1. The van der Waals surface area contributed by atoms with Crippen LogP contribution in [-0.4, -0.2) is 29.7 Å². The van der Waals surface area contributed by atoms with E-state index in [1.54, 1.807) is 0 Å². The number of amides is 1. The number of piperidine rings is 1. The minimum Gasteiger partial charge on any atom is -0.448 e. The molecule has 1 spiro atoms. The highest BCUT2D eigenvalue weighted by atomic mass is 35.5. The van der Waals surface area contributed by atoms with Crippen LogP contribution in [-0.2, 0) is 4.79 Å². The first-order chi connectivity index (χ1) is 13.9. The molecule has 1 fully saturated rings. The molecule has 0 radical (unpaired) electrons. The number of carbonyl (C=O) groups excluding carboxylic acids is 1. The Labute approximate surface area is 176 Å². The Bertz CT molecular complexity index is 953. The molecular formula is C24H24ClNO3. The molecule has 0 bridgehead atoms. The Morgan fingerprint density at radius 2 is 1.76 bits per heavy atom. The third kappa shape index (κ3) is 3.80. The maximum atomic E-state index is 13.3. The number of halogens is 1. The number of fused-ring (bicyclic) bond motifs is 1. The summed E-state index contributed by atoms with van der Waals surface area (Å²) in [5.41, 5.74) is 1.76. The number of likely N-dealkylation sites (tertiary alicyclic amines) is 1. The SMILES string of the molecule is C#Cc1ccc2c(c1)OC1(CCN(C(=O)[C@H](c3ccc(Cl)cc3)C(C)C)CC1)O2. The van der Waals surface area contributed by atoms with Crippen LogP contribution in [0.2, 0.25) is 5.02 Å². The third-order valence-electron chi connectivity index (χ3n) is 5.70. The lowest BCUT2D eigenvalue weighted by atomic mass is 9.86. The molecule has 2 aromatic carbocycles. The van der Waals surface area contributed by atoms with Crippen molar-refractivity contribution >= 4 is 17.5 Å². The fourth-order valence-corrected chi connectivity index (χ4v) is 4.26. The van der Waals surface area contributed by atoms with E-state index in [0.717, 1.165) is 11.1 Å². The first-order valence-electron chi connectivity index (χ1n) is 9.94. The summed E-state index contributed by atoms with van der Waals surface area (Å²) in [6.07, 6.45) is 6.71. The van der Waals surface area contributed by atoms with Crippen LogP contribution in [0.5, 0.6) is 11.5 Å². The van der Waals surface area contributed by atoms with E-state index in [1.807, 2.05) is 47.4 Å². The molecule has 2 aromatic rings. The summed E-state index contributed by atoms with van der Waals surface area (Å²) in [5, 5.41) is 0.673. The molecule has 2 aliphatic rings. The normalized spacial score (nSPS) is 18.0. The van der Waals surface area contributed by atoms with E-state index in [4.69, 9.17) is 27.5 Å². The molecule has 2 heterocycles. The Balaban J connectivity index is 1.46. The van der Waals surface area contributed by atoms with E-state index < -0.39 is 5.79 Å². The first-order valence-corrected chi connectivity index (χ1v) is 10.3. The van der Waals surface area contributed by atoms with Crippen molar-refractivity contribution in [3.8, 4) is 23.8 Å². The van der Waals surface area contributed by atoms with Gasteiger partial charge in [-0.15, -0.1) is 6.42 Å². The average molecular weight is 410 g/mol. The predicted molar refractivity (Wildman–Crippen MR) is 113 cm³/mol. The van der Waals surface area contributed by atoms with Crippen molar-refractivity contribution in [3.05, 3.63) is 58.6 Å². The quantitative estimate of drug-likeness (QED) is 0.680. The van der Waals surface area contributed by atoms with Gasteiger partial charge in [-0.25, -0.2) is 0 Å². The van der Waals surface area contributed by atoms with Gasteiger partial charge < -0.3 is 14.4 Å². The van der Waals surface area contributed by atoms with Gasteiger partial charge >= 0.3 is 0 Å².